The van der Waals surface area contributed by atoms with Gasteiger partial charge in [-0.1, -0.05) is 23.2 Å². The number of hydrogen-bond donors (Lipinski definition) is 2. The molecule has 0 radical (unpaired) electrons. The Morgan fingerprint density at radius 1 is 1.12 bits per heavy atom. The maximum atomic E-state index is 12.9. The Morgan fingerprint density at radius 2 is 1.71 bits per heavy atom. The molecule has 4 nitrogen and oxygen atoms in total. The van der Waals surface area contributed by atoms with Crippen LogP contribution in [0.1, 0.15) is 5.56 Å². The molecule has 2 rings (SSSR count). The molecule has 0 bridgehead atoms. The molecule has 1 heterocycles. The topological polar surface area (TPSA) is 64.1 Å². The number of alkyl halides is 6. The molecule has 24 heavy (non-hydrogen) atoms. The van der Waals surface area contributed by atoms with Crippen molar-refractivity contribution in [1.29, 1.82) is 0 Å². The van der Waals surface area contributed by atoms with Crippen molar-refractivity contribution < 1.29 is 31.4 Å². The fourth-order valence-electron chi connectivity index (χ4n) is 1.73. The van der Waals surface area contributed by atoms with Gasteiger partial charge in [0.05, 0.1) is 15.6 Å². The lowest BCUT2D eigenvalue weighted by molar-refractivity contribution is -0.137. The number of thioether (sulfide) groups is 1. The number of nitrogen functional groups attached to an aromatic ring is 1. The van der Waals surface area contributed by atoms with Crippen molar-refractivity contribution >= 4 is 40.8 Å². The molecule has 0 aliphatic rings. The summed E-state index contributed by atoms with van der Waals surface area (Å²) in [6, 6.07) is 1.41. The number of nitrogens with two attached hydrogens (primary N) is 1. The largest absolute Gasteiger partial charge is 0.492 e. The second kappa shape index (κ2) is 6.12. The fraction of sp³-hybridized carbons (Fsp3) is 0.182. The van der Waals surface area contributed by atoms with Crippen LogP contribution in [0.5, 0.6) is 5.88 Å². The lowest BCUT2D eigenvalue weighted by atomic mass is 10.2. The Hall–Kier alpha value is -1.46. The van der Waals surface area contributed by atoms with E-state index in [4.69, 9.17) is 28.9 Å². The van der Waals surface area contributed by atoms with Crippen LogP contribution < -0.4 is 5.73 Å². The Kier molecular flexibility index (Phi) is 4.81. The molecule has 0 unspecified atom stereocenters. The second-order valence-electron chi connectivity index (χ2n) is 4.25. The highest BCUT2D eigenvalue weighted by atomic mass is 35.5. The third-order valence-electron chi connectivity index (χ3n) is 2.65. The summed E-state index contributed by atoms with van der Waals surface area (Å²) in [5.41, 5.74) is -1.47. The number of hydrogen-bond acceptors (Lipinski definition) is 4. The molecule has 3 N–H and O–H groups in total. The summed E-state index contributed by atoms with van der Waals surface area (Å²) in [4.78, 5) is -0.882. The van der Waals surface area contributed by atoms with Gasteiger partial charge in [-0.25, -0.2) is 0 Å². The third kappa shape index (κ3) is 3.62. The van der Waals surface area contributed by atoms with Gasteiger partial charge in [-0.05, 0) is 23.9 Å². The summed E-state index contributed by atoms with van der Waals surface area (Å²) in [5.74, 6) is -1.89. The molecule has 0 spiro atoms. The van der Waals surface area contributed by atoms with Crippen LogP contribution in [0.15, 0.2) is 17.0 Å². The zero-order valence-corrected chi connectivity index (χ0v) is 13.3. The Bertz CT molecular complexity index is 790. The zero-order valence-electron chi connectivity index (χ0n) is 11.0. The molecular formula is C11H5Cl2F6N3OS. The van der Waals surface area contributed by atoms with Gasteiger partial charge in [0, 0.05) is 0 Å². The van der Waals surface area contributed by atoms with Gasteiger partial charge in [-0.3, -0.25) is 0 Å². The van der Waals surface area contributed by atoms with Crippen molar-refractivity contribution in [2.75, 3.05) is 5.73 Å². The molecule has 0 saturated carbocycles. The van der Waals surface area contributed by atoms with Crippen LogP contribution in [0, 0.1) is 0 Å². The van der Waals surface area contributed by atoms with E-state index in [0.717, 1.165) is 6.07 Å². The Morgan fingerprint density at radius 3 is 2.21 bits per heavy atom. The van der Waals surface area contributed by atoms with Crippen LogP contribution in [0.25, 0.3) is 5.69 Å². The summed E-state index contributed by atoms with van der Waals surface area (Å²) in [6.45, 7) is 0. The normalized spacial score (nSPS) is 12.7. The van der Waals surface area contributed by atoms with Crippen LogP contribution >= 0.6 is 35.0 Å². The number of aromatic hydroxyl groups is 1. The number of benzene rings is 1. The minimum atomic E-state index is -4.85. The average Bonchev–Trinajstić information content (AvgIpc) is 2.64. The maximum Gasteiger partial charge on any atom is 0.446 e. The first-order valence-corrected chi connectivity index (χ1v) is 7.29. The standard InChI is InChI=1S/C11H5Cl2F6N3OS/c12-4-2-1-3(10(14,15)16)5(13)6(4)22-9(23)7(8(20)21-22)24-11(17,18)19/h1-2,23H,(H2,20,21). The first-order chi connectivity index (χ1) is 10.8. The van der Waals surface area contributed by atoms with E-state index in [9.17, 15) is 31.4 Å². The first kappa shape index (κ1) is 18.9. The Labute approximate surface area is 144 Å². The van der Waals surface area contributed by atoms with Crippen molar-refractivity contribution in [3.05, 3.63) is 27.7 Å². The van der Waals surface area contributed by atoms with Gasteiger partial charge in [-0.15, -0.1) is 5.10 Å². The molecule has 0 amide bonds. The summed E-state index contributed by atoms with van der Waals surface area (Å²) in [7, 11) is 0. The smallest absolute Gasteiger partial charge is 0.446 e. The van der Waals surface area contributed by atoms with Gasteiger partial charge in [0.2, 0.25) is 5.88 Å². The van der Waals surface area contributed by atoms with Crippen LogP contribution in [0.4, 0.5) is 32.2 Å². The van der Waals surface area contributed by atoms with E-state index in [0.29, 0.717) is 10.7 Å². The molecule has 0 aliphatic carbocycles. The van der Waals surface area contributed by atoms with Gasteiger partial charge >= 0.3 is 11.7 Å². The predicted molar refractivity (Wildman–Crippen MR) is 76.6 cm³/mol. The van der Waals surface area contributed by atoms with E-state index in [2.05, 4.69) is 5.10 Å². The van der Waals surface area contributed by atoms with E-state index in [-0.39, 0.29) is 5.02 Å². The molecule has 0 fully saturated rings. The van der Waals surface area contributed by atoms with E-state index < -0.39 is 56.3 Å². The Balaban J connectivity index is 2.68. The third-order valence-corrected chi connectivity index (χ3v) is 4.16. The molecule has 13 heteroatoms. The highest BCUT2D eigenvalue weighted by Gasteiger charge is 2.37. The second-order valence-corrected chi connectivity index (χ2v) is 6.11. The summed E-state index contributed by atoms with van der Waals surface area (Å²) < 4.78 is 76.3. The van der Waals surface area contributed by atoms with Crippen molar-refractivity contribution in [1.82, 2.24) is 9.78 Å². The van der Waals surface area contributed by atoms with Crippen molar-refractivity contribution in [2.24, 2.45) is 0 Å². The van der Waals surface area contributed by atoms with Crippen LogP contribution in [-0.2, 0) is 6.18 Å². The van der Waals surface area contributed by atoms with E-state index in [1.165, 1.54) is 0 Å². The van der Waals surface area contributed by atoms with Crippen molar-refractivity contribution in [3.63, 3.8) is 0 Å². The summed E-state index contributed by atoms with van der Waals surface area (Å²) in [5, 5.41) is 11.9. The number of nitrogens with zero attached hydrogens (tertiary/aromatic N) is 2. The molecule has 1 aromatic carbocycles. The summed E-state index contributed by atoms with van der Waals surface area (Å²) in [6.07, 6.45) is -4.85. The molecule has 0 atom stereocenters. The van der Waals surface area contributed by atoms with Crippen molar-refractivity contribution in [2.45, 2.75) is 16.6 Å². The minimum Gasteiger partial charge on any atom is -0.492 e. The number of anilines is 1. The van der Waals surface area contributed by atoms with E-state index in [1.54, 1.807) is 0 Å². The highest BCUT2D eigenvalue weighted by molar-refractivity contribution is 8.00. The van der Waals surface area contributed by atoms with E-state index >= 15 is 0 Å². The molecule has 0 saturated heterocycles. The van der Waals surface area contributed by atoms with Gasteiger partial charge in [0.15, 0.2) is 5.82 Å². The molecule has 1 aromatic heterocycles. The molecular weight excluding hydrogens is 407 g/mol. The van der Waals surface area contributed by atoms with Crippen LogP contribution in [0.3, 0.4) is 0 Å². The van der Waals surface area contributed by atoms with Gasteiger partial charge in [0.25, 0.3) is 0 Å². The van der Waals surface area contributed by atoms with E-state index in [1.807, 2.05) is 0 Å². The van der Waals surface area contributed by atoms with Gasteiger partial charge < -0.3 is 10.8 Å². The monoisotopic (exact) mass is 411 g/mol. The predicted octanol–water partition coefficient (Wildman–Crippen LogP) is 5.10. The minimum absolute atomic E-state index is 0.323. The molecule has 0 aliphatic heterocycles. The molecule has 2 aromatic rings. The number of aromatic nitrogens is 2. The maximum absolute atomic E-state index is 12.9. The first-order valence-electron chi connectivity index (χ1n) is 5.71. The van der Waals surface area contributed by atoms with Gasteiger partial charge in [-0.2, -0.15) is 31.0 Å². The SMILES string of the molecule is Nc1nn(-c2c(Cl)ccc(C(F)(F)F)c2Cl)c(O)c1SC(F)(F)F. The summed E-state index contributed by atoms with van der Waals surface area (Å²) >= 11 is 10.6. The number of rotatable bonds is 2. The quantitative estimate of drug-likeness (QED) is 0.533. The number of halogens is 8. The van der Waals surface area contributed by atoms with Crippen molar-refractivity contribution in [3.8, 4) is 11.6 Å². The van der Waals surface area contributed by atoms with Crippen LogP contribution in [0.2, 0.25) is 10.0 Å². The lowest BCUT2D eigenvalue weighted by Gasteiger charge is -2.14. The average molecular weight is 412 g/mol. The lowest BCUT2D eigenvalue weighted by Crippen LogP contribution is -2.09. The highest BCUT2D eigenvalue weighted by Crippen LogP contribution is 2.47. The molecule has 132 valence electrons. The van der Waals surface area contributed by atoms with Crippen LogP contribution in [-0.4, -0.2) is 20.4 Å². The zero-order chi connectivity index (χ0) is 18.4. The van der Waals surface area contributed by atoms with Gasteiger partial charge in [0.1, 0.15) is 10.6 Å². The fourth-order valence-corrected chi connectivity index (χ4v) is 2.93.